The molecule has 1 aromatic rings. The zero-order valence-corrected chi connectivity index (χ0v) is 11.6. The lowest BCUT2D eigenvalue weighted by Crippen LogP contribution is -2.45. The largest absolute Gasteiger partial charge is 0.508 e. The molecule has 1 N–H and O–H groups in total. The predicted octanol–water partition coefficient (Wildman–Crippen LogP) is 1.30. The molecular formula is C13H15NO5S. The van der Waals surface area contributed by atoms with E-state index < -0.39 is 21.5 Å². The average molecular weight is 297 g/mol. The number of amides is 1. The van der Waals surface area contributed by atoms with Crippen LogP contribution in [-0.2, 0) is 14.6 Å². The van der Waals surface area contributed by atoms with E-state index in [2.05, 4.69) is 0 Å². The minimum Gasteiger partial charge on any atom is -0.508 e. The maximum absolute atomic E-state index is 12.0. The minimum atomic E-state index is -3.17. The van der Waals surface area contributed by atoms with Crippen molar-refractivity contribution in [1.82, 2.24) is 0 Å². The molecule has 0 bridgehead atoms. The van der Waals surface area contributed by atoms with E-state index in [1.165, 1.54) is 17.0 Å². The van der Waals surface area contributed by atoms with E-state index in [-0.39, 0.29) is 23.8 Å². The van der Waals surface area contributed by atoms with Crippen molar-refractivity contribution in [2.24, 2.45) is 0 Å². The maximum atomic E-state index is 12.0. The summed E-state index contributed by atoms with van der Waals surface area (Å²) in [5.74, 6) is 0.0759. The van der Waals surface area contributed by atoms with Gasteiger partial charge in [0.15, 0.2) is 9.84 Å². The monoisotopic (exact) mass is 297 g/mol. The van der Waals surface area contributed by atoms with E-state index in [9.17, 15) is 18.3 Å². The fourth-order valence-electron chi connectivity index (χ4n) is 2.85. The summed E-state index contributed by atoms with van der Waals surface area (Å²) in [5, 5.41) is 9.47. The van der Waals surface area contributed by atoms with Gasteiger partial charge in [0.2, 0.25) is 0 Å². The van der Waals surface area contributed by atoms with E-state index in [0.717, 1.165) is 0 Å². The molecule has 2 heterocycles. The minimum absolute atomic E-state index is 0.0486. The first-order chi connectivity index (χ1) is 9.39. The van der Waals surface area contributed by atoms with Crippen molar-refractivity contribution in [3.63, 3.8) is 0 Å². The van der Waals surface area contributed by atoms with Crippen LogP contribution in [0.3, 0.4) is 0 Å². The van der Waals surface area contributed by atoms with Gasteiger partial charge in [0.1, 0.15) is 11.4 Å². The summed E-state index contributed by atoms with van der Waals surface area (Å²) in [7, 11) is -3.17. The van der Waals surface area contributed by atoms with Crippen LogP contribution in [-0.4, -0.2) is 43.3 Å². The van der Waals surface area contributed by atoms with Crippen LogP contribution in [0.2, 0.25) is 0 Å². The van der Waals surface area contributed by atoms with Crippen molar-refractivity contribution in [3.05, 3.63) is 24.3 Å². The number of anilines is 1. The zero-order chi connectivity index (χ0) is 14.4. The molecule has 1 atom stereocenters. The molecule has 2 aliphatic rings. The normalized spacial score (nSPS) is 28.6. The van der Waals surface area contributed by atoms with Crippen LogP contribution >= 0.6 is 0 Å². The van der Waals surface area contributed by atoms with Crippen LogP contribution in [0.25, 0.3) is 0 Å². The van der Waals surface area contributed by atoms with Crippen molar-refractivity contribution >= 4 is 21.6 Å². The Morgan fingerprint density at radius 1 is 1.35 bits per heavy atom. The number of ether oxygens (including phenoxy) is 1. The lowest BCUT2D eigenvalue weighted by molar-refractivity contribution is 0.0643. The number of hydrogen-bond donors (Lipinski definition) is 1. The van der Waals surface area contributed by atoms with Gasteiger partial charge < -0.3 is 9.84 Å². The first kappa shape index (κ1) is 13.2. The highest BCUT2D eigenvalue weighted by molar-refractivity contribution is 7.91. The van der Waals surface area contributed by atoms with Gasteiger partial charge in [0.05, 0.1) is 23.7 Å². The van der Waals surface area contributed by atoms with E-state index >= 15 is 0 Å². The van der Waals surface area contributed by atoms with Gasteiger partial charge in [0, 0.05) is 6.07 Å². The number of sulfone groups is 1. The summed E-state index contributed by atoms with van der Waals surface area (Å²) >= 11 is 0. The Labute approximate surface area is 116 Å². The molecule has 1 aromatic carbocycles. The highest BCUT2D eigenvalue weighted by Crippen LogP contribution is 2.36. The molecule has 2 aliphatic heterocycles. The lowest BCUT2D eigenvalue weighted by Gasteiger charge is -2.30. The number of hydrogen-bond acceptors (Lipinski definition) is 5. The third-order valence-corrected chi connectivity index (χ3v) is 5.56. The Balaban J connectivity index is 1.89. The van der Waals surface area contributed by atoms with Gasteiger partial charge in [-0.25, -0.2) is 13.2 Å². The van der Waals surface area contributed by atoms with Crippen LogP contribution in [0, 0.1) is 0 Å². The quantitative estimate of drug-likeness (QED) is 0.844. The van der Waals surface area contributed by atoms with Crippen LogP contribution in [0.15, 0.2) is 24.3 Å². The molecule has 108 valence electrons. The van der Waals surface area contributed by atoms with Crippen LogP contribution in [0.5, 0.6) is 5.75 Å². The predicted molar refractivity (Wildman–Crippen MR) is 72.6 cm³/mol. The molecule has 2 saturated heterocycles. The summed E-state index contributed by atoms with van der Waals surface area (Å²) < 4.78 is 28.9. The number of phenols is 1. The summed E-state index contributed by atoms with van der Waals surface area (Å²) in [4.78, 5) is 13.4. The van der Waals surface area contributed by atoms with Gasteiger partial charge in [-0.05, 0) is 25.0 Å². The van der Waals surface area contributed by atoms with Crippen molar-refractivity contribution in [3.8, 4) is 5.75 Å². The van der Waals surface area contributed by atoms with E-state index in [1.54, 1.807) is 12.1 Å². The number of rotatable bonds is 1. The molecule has 2 fully saturated rings. The fraction of sp³-hybridized carbons (Fsp3) is 0.462. The molecule has 1 spiro atoms. The molecule has 3 rings (SSSR count). The summed E-state index contributed by atoms with van der Waals surface area (Å²) in [6.45, 7) is 0.203. The fourth-order valence-corrected chi connectivity index (χ4v) is 4.67. The second kappa shape index (κ2) is 4.37. The summed E-state index contributed by atoms with van der Waals surface area (Å²) in [6.07, 6.45) is 0.490. The third kappa shape index (κ3) is 2.33. The van der Waals surface area contributed by atoms with Gasteiger partial charge in [-0.15, -0.1) is 0 Å². The SMILES string of the molecule is O=C1OC2(CCCS(=O)(=O)C2)CN1c1cccc(O)c1. The first-order valence-corrected chi connectivity index (χ1v) is 8.21. The van der Waals surface area contributed by atoms with Crippen molar-refractivity contribution in [2.45, 2.75) is 18.4 Å². The maximum Gasteiger partial charge on any atom is 0.415 e. The number of benzene rings is 1. The number of aromatic hydroxyl groups is 1. The topological polar surface area (TPSA) is 83.9 Å². The second-order valence-corrected chi connectivity index (χ2v) is 7.54. The summed E-state index contributed by atoms with van der Waals surface area (Å²) in [6, 6.07) is 6.27. The number of carbonyl (C=O) groups excluding carboxylic acids is 1. The Morgan fingerprint density at radius 2 is 2.15 bits per heavy atom. The van der Waals surface area contributed by atoms with Crippen molar-refractivity contribution < 1.29 is 23.1 Å². The highest BCUT2D eigenvalue weighted by atomic mass is 32.2. The number of phenolic OH excluding ortho intramolecular Hbond substituents is 1. The number of carbonyl (C=O) groups is 1. The first-order valence-electron chi connectivity index (χ1n) is 6.39. The molecule has 6 nitrogen and oxygen atoms in total. The average Bonchev–Trinajstić information content (AvgIpc) is 2.64. The molecule has 7 heteroatoms. The van der Waals surface area contributed by atoms with Gasteiger partial charge in [-0.1, -0.05) is 6.07 Å². The van der Waals surface area contributed by atoms with Gasteiger partial charge in [0.25, 0.3) is 0 Å². The summed E-state index contributed by atoms with van der Waals surface area (Å²) in [5.41, 5.74) is -0.436. The third-order valence-electron chi connectivity index (χ3n) is 3.68. The molecular weight excluding hydrogens is 282 g/mol. The molecule has 0 aromatic heterocycles. The van der Waals surface area contributed by atoms with Crippen LogP contribution in [0.4, 0.5) is 10.5 Å². The van der Waals surface area contributed by atoms with Crippen LogP contribution in [0.1, 0.15) is 12.8 Å². The molecule has 1 unspecified atom stereocenters. The zero-order valence-electron chi connectivity index (χ0n) is 10.8. The molecule has 20 heavy (non-hydrogen) atoms. The van der Waals surface area contributed by atoms with Gasteiger partial charge >= 0.3 is 6.09 Å². The molecule has 1 amide bonds. The Morgan fingerprint density at radius 3 is 2.85 bits per heavy atom. The van der Waals surface area contributed by atoms with E-state index in [4.69, 9.17) is 4.74 Å². The van der Waals surface area contributed by atoms with Crippen LogP contribution < -0.4 is 4.90 Å². The Kier molecular flexibility index (Phi) is 2.89. The standard InChI is InChI=1S/C13H15NO5S/c15-11-4-1-3-10(7-11)14-8-13(19-12(14)16)5-2-6-20(17,18)9-13/h1,3-4,7,15H,2,5-6,8-9H2. The van der Waals surface area contributed by atoms with E-state index in [0.29, 0.717) is 18.5 Å². The Bertz CT molecular complexity index is 656. The molecule has 0 saturated carbocycles. The van der Waals surface area contributed by atoms with E-state index in [1.807, 2.05) is 0 Å². The lowest BCUT2D eigenvalue weighted by atomic mass is 10.00. The van der Waals surface area contributed by atoms with Crippen molar-refractivity contribution in [1.29, 1.82) is 0 Å². The molecule has 0 aliphatic carbocycles. The van der Waals surface area contributed by atoms with Gasteiger partial charge in [-0.3, -0.25) is 4.90 Å². The Hall–Kier alpha value is -1.76. The van der Waals surface area contributed by atoms with Crippen molar-refractivity contribution in [2.75, 3.05) is 23.0 Å². The smallest absolute Gasteiger partial charge is 0.415 e. The molecule has 0 radical (unpaired) electrons. The number of nitrogens with zero attached hydrogens (tertiary/aromatic N) is 1. The van der Waals surface area contributed by atoms with Gasteiger partial charge in [-0.2, -0.15) is 0 Å². The second-order valence-electron chi connectivity index (χ2n) is 5.35. The highest BCUT2D eigenvalue weighted by Gasteiger charge is 2.50.